The summed E-state index contributed by atoms with van der Waals surface area (Å²) in [5.41, 5.74) is 4.67. The van der Waals surface area contributed by atoms with Gasteiger partial charge in [0, 0.05) is 35.9 Å². The summed E-state index contributed by atoms with van der Waals surface area (Å²) < 4.78 is 18.0. The van der Waals surface area contributed by atoms with E-state index in [4.69, 9.17) is 11.6 Å². The van der Waals surface area contributed by atoms with Gasteiger partial charge in [0.05, 0.1) is 26.2 Å². The Kier molecular flexibility index (Phi) is 6.58. The number of anilines is 1. The summed E-state index contributed by atoms with van der Waals surface area (Å²) >= 11 is 9.12. The minimum atomic E-state index is -0.862. The van der Waals surface area contributed by atoms with Crippen molar-refractivity contribution in [3.05, 3.63) is 88.1 Å². The maximum atomic E-state index is 13.9. The Bertz CT molecular complexity index is 1260. The van der Waals surface area contributed by atoms with Crippen LogP contribution in [0.25, 0.3) is 10.2 Å². The van der Waals surface area contributed by atoms with E-state index in [1.807, 2.05) is 36.4 Å². The van der Waals surface area contributed by atoms with E-state index in [-0.39, 0.29) is 5.82 Å². The third kappa shape index (κ3) is 5.03. The number of aromatic nitrogens is 1. The van der Waals surface area contributed by atoms with Crippen molar-refractivity contribution in [3.63, 3.8) is 0 Å². The third-order valence-corrected chi connectivity index (χ3v) is 8.04. The number of fused-ring (bicyclic) bond motifs is 1. The molecule has 4 aromatic rings. The maximum Gasteiger partial charge on any atom is 0.125 e. The van der Waals surface area contributed by atoms with Crippen LogP contribution in [0.1, 0.15) is 24.0 Å². The molecule has 8 heteroatoms. The van der Waals surface area contributed by atoms with Crippen molar-refractivity contribution in [2.75, 3.05) is 17.8 Å². The van der Waals surface area contributed by atoms with Gasteiger partial charge in [0.25, 0.3) is 0 Å². The Morgan fingerprint density at radius 1 is 1.12 bits per heavy atom. The van der Waals surface area contributed by atoms with Gasteiger partial charge < -0.3 is 9.83 Å². The quantitative estimate of drug-likeness (QED) is 0.289. The maximum absolute atomic E-state index is 13.9. The zero-order valence-electron chi connectivity index (χ0n) is 17.8. The highest BCUT2D eigenvalue weighted by molar-refractivity contribution is 8.00. The summed E-state index contributed by atoms with van der Waals surface area (Å²) in [5, 5.41) is 11.7. The van der Waals surface area contributed by atoms with Gasteiger partial charge in [-0.2, -0.15) is 0 Å². The molecule has 170 valence electrons. The summed E-state index contributed by atoms with van der Waals surface area (Å²) in [5.74, 6) is -0.255. The number of hydrogen-bond donors (Lipinski definition) is 2. The Morgan fingerprint density at radius 2 is 1.88 bits per heavy atom. The number of piperidine rings is 1. The van der Waals surface area contributed by atoms with Gasteiger partial charge in [0.2, 0.25) is 0 Å². The fourth-order valence-electron chi connectivity index (χ4n) is 4.22. The predicted octanol–water partition coefficient (Wildman–Crippen LogP) is 6.69. The van der Waals surface area contributed by atoms with Gasteiger partial charge in [-0.25, -0.2) is 9.37 Å². The number of benzene rings is 3. The SMILES string of the molecule is OC1(c2ccccc2Cl)CCN(Cc2ccc(NSc3cc(F)cc4scnc34)cc2)CC1. The lowest BCUT2D eigenvalue weighted by molar-refractivity contribution is -0.0276. The normalized spacial score (nSPS) is 16.2. The van der Waals surface area contributed by atoms with Crippen molar-refractivity contribution in [2.45, 2.75) is 29.9 Å². The smallest absolute Gasteiger partial charge is 0.125 e. The number of halogens is 2. The van der Waals surface area contributed by atoms with Crippen molar-refractivity contribution < 1.29 is 9.50 Å². The number of nitrogens with zero attached hydrogens (tertiary/aromatic N) is 2. The number of thiazole rings is 1. The second-order valence-corrected chi connectivity index (χ2v) is 10.4. The summed E-state index contributed by atoms with van der Waals surface area (Å²) in [4.78, 5) is 7.47. The van der Waals surface area contributed by atoms with Crippen LogP contribution in [0.15, 0.2) is 71.1 Å². The molecule has 0 unspecified atom stereocenters. The zero-order chi connectivity index (χ0) is 22.8. The molecule has 1 saturated heterocycles. The molecule has 0 atom stereocenters. The van der Waals surface area contributed by atoms with Crippen LogP contribution >= 0.6 is 34.9 Å². The van der Waals surface area contributed by atoms with Gasteiger partial charge in [-0.05, 0) is 60.7 Å². The standard InChI is InChI=1S/C25H23ClFN3OS2/c26-21-4-2-1-3-20(21)25(31)9-11-30(12-10-25)15-17-5-7-19(8-6-17)29-33-23-14-18(27)13-22-24(23)28-16-32-22/h1-8,13-14,16,29,31H,9-12,15H2. The topological polar surface area (TPSA) is 48.4 Å². The molecule has 0 radical (unpaired) electrons. The molecule has 4 nitrogen and oxygen atoms in total. The van der Waals surface area contributed by atoms with Gasteiger partial charge in [-0.1, -0.05) is 41.9 Å². The van der Waals surface area contributed by atoms with Crippen LogP contribution < -0.4 is 4.72 Å². The molecular weight excluding hydrogens is 477 g/mol. The molecule has 3 aromatic carbocycles. The van der Waals surface area contributed by atoms with Crippen LogP contribution in [0, 0.1) is 5.82 Å². The minimum absolute atomic E-state index is 0.255. The zero-order valence-corrected chi connectivity index (χ0v) is 20.2. The Morgan fingerprint density at radius 3 is 2.64 bits per heavy atom. The van der Waals surface area contributed by atoms with Crippen LogP contribution in [0.5, 0.6) is 0 Å². The van der Waals surface area contributed by atoms with Gasteiger partial charge in [0.15, 0.2) is 0 Å². The first-order valence-corrected chi connectivity index (χ1v) is 12.8. The molecule has 0 saturated carbocycles. The fraction of sp³-hybridized carbons (Fsp3) is 0.240. The Labute approximate surface area is 205 Å². The second-order valence-electron chi connectivity index (χ2n) is 8.29. The van der Waals surface area contributed by atoms with Gasteiger partial charge in [0.1, 0.15) is 5.82 Å². The molecule has 0 spiro atoms. The van der Waals surface area contributed by atoms with E-state index in [1.54, 1.807) is 5.51 Å². The van der Waals surface area contributed by atoms with Crippen molar-refractivity contribution in [1.29, 1.82) is 0 Å². The second kappa shape index (κ2) is 9.60. The van der Waals surface area contributed by atoms with Crippen molar-refractivity contribution >= 4 is 50.8 Å². The number of likely N-dealkylation sites (tertiary alicyclic amines) is 1. The van der Waals surface area contributed by atoms with Crippen LogP contribution in [-0.4, -0.2) is 28.1 Å². The predicted molar refractivity (Wildman–Crippen MR) is 135 cm³/mol. The molecule has 1 aliphatic heterocycles. The molecule has 33 heavy (non-hydrogen) atoms. The van der Waals surface area contributed by atoms with E-state index < -0.39 is 5.60 Å². The first kappa shape index (κ1) is 22.6. The lowest BCUT2D eigenvalue weighted by Crippen LogP contribution is -2.42. The van der Waals surface area contributed by atoms with Gasteiger partial charge in [-0.3, -0.25) is 4.90 Å². The monoisotopic (exact) mass is 499 g/mol. The molecule has 0 aliphatic carbocycles. The molecular formula is C25H23ClFN3OS2. The van der Waals surface area contributed by atoms with E-state index in [0.29, 0.717) is 17.9 Å². The van der Waals surface area contributed by atoms with E-state index in [0.717, 1.165) is 46.0 Å². The highest BCUT2D eigenvalue weighted by Gasteiger charge is 2.35. The summed E-state index contributed by atoms with van der Waals surface area (Å²) in [6.07, 6.45) is 1.32. The van der Waals surface area contributed by atoms with Crippen LogP contribution in [0.4, 0.5) is 10.1 Å². The Balaban J connectivity index is 1.17. The van der Waals surface area contributed by atoms with Crippen molar-refractivity contribution in [1.82, 2.24) is 9.88 Å². The first-order chi connectivity index (χ1) is 16.0. The van der Waals surface area contributed by atoms with Crippen LogP contribution in [-0.2, 0) is 12.1 Å². The molecule has 1 aromatic heterocycles. The molecule has 2 N–H and O–H groups in total. The number of nitrogens with one attached hydrogen (secondary N) is 1. The summed E-state index contributed by atoms with van der Waals surface area (Å²) in [6.45, 7) is 2.44. The molecule has 0 bridgehead atoms. The number of rotatable bonds is 6. The highest BCUT2D eigenvalue weighted by atomic mass is 35.5. The molecule has 2 heterocycles. The summed E-state index contributed by atoms with van der Waals surface area (Å²) in [6, 6.07) is 18.9. The summed E-state index contributed by atoms with van der Waals surface area (Å²) in [7, 11) is 0. The molecule has 0 amide bonds. The number of hydrogen-bond acceptors (Lipinski definition) is 6. The Hall–Kier alpha value is -2.16. The van der Waals surface area contributed by atoms with E-state index in [1.165, 1.54) is 41.0 Å². The van der Waals surface area contributed by atoms with Crippen molar-refractivity contribution in [2.24, 2.45) is 0 Å². The largest absolute Gasteiger partial charge is 0.385 e. The molecule has 5 rings (SSSR count). The van der Waals surface area contributed by atoms with Gasteiger partial charge in [-0.15, -0.1) is 11.3 Å². The van der Waals surface area contributed by atoms with E-state index >= 15 is 0 Å². The molecule has 1 fully saturated rings. The van der Waals surface area contributed by atoms with Crippen LogP contribution in [0.3, 0.4) is 0 Å². The lowest BCUT2D eigenvalue weighted by atomic mass is 9.84. The van der Waals surface area contributed by atoms with Crippen molar-refractivity contribution in [3.8, 4) is 0 Å². The fourth-order valence-corrected chi connectivity index (χ4v) is 6.12. The minimum Gasteiger partial charge on any atom is -0.385 e. The van der Waals surface area contributed by atoms with E-state index in [2.05, 4.69) is 26.7 Å². The number of aliphatic hydroxyl groups is 1. The third-order valence-electron chi connectivity index (χ3n) is 6.06. The first-order valence-electron chi connectivity index (χ1n) is 10.7. The lowest BCUT2D eigenvalue weighted by Gasteiger charge is -2.39. The average Bonchev–Trinajstić information content (AvgIpc) is 3.29. The average molecular weight is 500 g/mol. The van der Waals surface area contributed by atoms with Gasteiger partial charge >= 0.3 is 0 Å². The van der Waals surface area contributed by atoms with E-state index in [9.17, 15) is 9.50 Å². The highest BCUT2D eigenvalue weighted by Crippen LogP contribution is 2.37. The van der Waals surface area contributed by atoms with Crippen LogP contribution in [0.2, 0.25) is 5.02 Å². The molecule has 1 aliphatic rings.